The summed E-state index contributed by atoms with van der Waals surface area (Å²) in [4.78, 5) is 22.4. The van der Waals surface area contributed by atoms with Crippen LogP contribution < -0.4 is 16.8 Å². The highest BCUT2D eigenvalue weighted by Crippen LogP contribution is 2.16. The van der Waals surface area contributed by atoms with Crippen LogP contribution in [-0.2, 0) is 4.79 Å². The Hall–Kier alpha value is -1.95. The highest BCUT2D eigenvalue weighted by molar-refractivity contribution is 5.97. The van der Waals surface area contributed by atoms with Crippen molar-refractivity contribution in [3.63, 3.8) is 0 Å². The first kappa shape index (κ1) is 13.1. The minimum Gasteiger partial charge on any atom is -0.366 e. The van der Waals surface area contributed by atoms with Gasteiger partial charge in [0, 0.05) is 5.56 Å². The maximum atomic E-state index is 13.4. The van der Waals surface area contributed by atoms with Crippen LogP contribution in [0.15, 0.2) is 18.2 Å². The number of hydrogen-bond donors (Lipinski definition) is 3. The standard InChI is InChI=1S/C11H14FN3O2/c1-2-8(13)11(17)15-9-5-6(10(14)16)3-4-7(9)12/h3-5,8H,2,13H2,1H3,(H2,14,16)(H,15,17)/t8-/m1/s1. The molecule has 0 aliphatic rings. The summed E-state index contributed by atoms with van der Waals surface area (Å²) in [6.45, 7) is 1.74. The Kier molecular flexibility index (Phi) is 4.17. The molecule has 0 aliphatic heterocycles. The molecule has 5 nitrogen and oxygen atoms in total. The summed E-state index contributed by atoms with van der Waals surface area (Å²) in [5.74, 6) is -1.85. The summed E-state index contributed by atoms with van der Waals surface area (Å²) in [6.07, 6.45) is 0.433. The molecule has 1 rings (SSSR count). The van der Waals surface area contributed by atoms with Gasteiger partial charge in [-0.25, -0.2) is 4.39 Å². The third kappa shape index (κ3) is 3.25. The molecule has 0 bridgehead atoms. The zero-order chi connectivity index (χ0) is 13.0. The quantitative estimate of drug-likeness (QED) is 0.717. The van der Waals surface area contributed by atoms with Crippen molar-refractivity contribution < 1.29 is 14.0 Å². The van der Waals surface area contributed by atoms with Gasteiger partial charge in [-0.15, -0.1) is 0 Å². The molecule has 6 heteroatoms. The Labute approximate surface area is 98.0 Å². The third-order valence-electron chi connectivity index (χ3n) is 2.29. The Morgan fingerprint density at radius 3 is 2.65 bits per heavy atom. The largest absolute Gasteiger partial charge is 0.366 e. The van der Waals surface area contributed by atoms with E-state index in [2.05, 4.69) is 5.32 Å². The van der Waals surface area contributed by atoms with E-state index in [-0.39, 0.29) is 11.3 Å². The van der Waals surface area contributed by atoms with Crippen molar-refractivity contribution >= 4 is 17.5 Å². The molecule has 0 heterocycles. The molecule has 0 fully saturated rings. The van der Waals surface area contributed by atoms with Gasteiger partial charge in [0.05, 0.1) is 11.7 Å². The van der Waals surface area contributed by atoms with Crippen molar-refractivity contribution in [3.05, 3.63) is 29.6 Å². The molecule has 0 aromatic heterocycles. The van der Waals surface area contributed by atoms with Crippen LogP contribution >= 0.6 is 0 Å². The molecule has 0 radical (unpaired) electrons. The SMILES string of the molecule is CC[C@@H](N)C(=O)Nc1cc(C(N)=O)ccc1F. The van der Waals surface area contributed by atoms with Gasteiger partial charge >= 0.3 is 0 Å². The highest BCUT2D eigenvalue weighted by atomic mass is 19.1. The van der Waals surface area contributed by atoms with Crippen molar-refractivity contribution in [2.75, 3.05) is 5.32 Å². The van der Waals surface area contributed by atoms with E-state index in [4.69, 9.17) is 11.5 Å². The molecule has 2 amide bonds. The van der Waals surface area contributed by atoms with Gasteiger partial charge in [-0.3, -0.25) is 9.59 Å². The number of carbonyl (C=O) groups excluding carboxylic acids is 2. The Bertz CT molecular complexity index is 448. The predicted molar refractivity (Wildman–Crippen MR) is 61.8 cm³/mol. The fourth-order valence-electron chi connectivity index (χ4n) is 1.19. The number of rotatable bonds is 4. The molecule has 17 heavy (non-hydrogen) atoms. The predicted octanol–water partition coefficient (Wildman–Crippen LogP) is 0.600. The molecule has 5 N–H and O–H groups in total. The van der Waals surface area contributed by atoms with Crippen LogP contribution in [0, 0.1) is 5.82 Å². The second kappa shape index (κ2) is 5.40. The molecule has 0 saturated carbocycles. The molecular weight excluding hydrogens is 225 g/mol. The van der Waals surface area contributed by atoms with Gasteiger partial charge < -0.3 is 16.8 Å². The van der Waals surface area contributed by atoms with Crippen LogP contribution in [-0.4, -0.2) is 17.9 Å². The van der Waals surface area contributed by atoms with Crippen LogP contribution in [0.1, 0.15) is 23.7 Å². The van der Waals surface area contributed by atoms with E-state index in [1.807, 2.05) is 0 Å². The van der Waals surface area contributed by atoms with Crippen molar-refractivity contribution in [2.24, 2.45) is 11.5 Å². The van der Waals surface area contributed by atoms with E-state index < -0.39 is 23.7 Å². The maximum Gasteiger partial charge on any atom is 0.248 e. The second-order valence-electron chi connectivity index (χ2n) is 3.56. The van der Waals surface area contributed by atoms with Crippen LogP contribution in [0.25, 0.3) is 0 Å². The van der Waals surface area contributed by atoms with Crippen molar-refractivity contribution in [1.29, 1.82) is 0 Å². The van der Waals surface area contributed by atoms with E-state index in [0.29, 0.717) is 6.42 Å². The maximum absolute atomic E-state index is 13.4. The zero-order valence-electron chi connectivity index (χ0n) is 9.37. The van der Waals surface area contributed by atoms with E-state index in [1.54, 1.807) is 6.92 Å². The van der Waals surface area contributed by atoms with Crippen LogP contribution in [0.4, 0.5) is 10.1 Å². The van der Waals surface area contributed by atoms with Gasteiger partial charge in [0.2, 0.25) is 11.8 Å². The van der Waals surface area contributed by atoms with Crippen molar-refractivity contribution in [1.82, 2.24) is 0 Å². The number of halogens is 1. The third-order valence-corrected chi connectivity index (χ3v) is 2.29. The lowest BCUT2D eigenvalue weighted by atomic mass is 10.1. The van der Waals surface area contributed by atoms with Crippen LogP contribution in [0.3, 0.4) is 0 Å². The average Bonchev–Trinajstić information content (AvgIpc) is 2.30. The van der Waals surface area contributed by atoms with Gasteiger partial charge in [0.25, 0.3) is 0 Å². The Balaban J connectivity index is 2.94. The first-order chi connectivity index (χ1) is 7.95. The number of carbonyl (C=O) groups is 2. The Morgan fingerprint density at radius 2 is 2.12 bits per heavy atom. The van der Waals surface area contributed by atoms with E-state index in [1.165, 1.54) is 12.1 Å². The average molecular weight is 239 g/mol. The summed E-state index contributed by atoms with van der Waals surface area (Å²) < 4.78 is 13.4. The highest BCUT2D eigenvalue weighted by Gasteiger charge is 2.14. The number of amides is 2. The zero-order valence-corrected chi connectivity index (χ0v) is 9.37. The number of primary amides is 1. The molecular formula is C11H14FN3O2. The minimum absolute atomic E-state index is 0.102. The van der Waals surface area contributed by atoms with Crippen LogP contribution in [0.5, 0.6) is 0 Å². The molecule has 0 saturated heterocycles. The van der Waals surface area contributed by atoms with E-state index in [0.717, 1.165) is 6.07 Å². The summed E-state index contributed by atoms with van der Waals surface area (Å²) in [5, 5.41) is 2.31. The first-order valence-corrected chi connectivity index (χ1v) is 5.11. The molecule has 0 spiro atoms. The topological polar surface area (TPSA) is 98.2 Å². The monoisotopic (exact) mass is 239 g/mol. The number of anilines is 1. The van der Waals surface area contributed by atoms with E-state index >= 15 is 0 Å². The van der Waals surface area contributed by atoms with E-state index in [9.17, 15) is 14.0 Å². The smallest absolute Gasteiger partial charge is 0.248 e. The Morgan fingerprint density at radius 1 is 1.47 bits per heavy atom. The van der Waals surface area contributed by atoms with Crippen LogP contribution in [0.2, 0.25) is 0 Å². The lowest BCUT2D eigenvalue weighted by Crippen LogP contribution is -2.35. The minimum atomic E-state index is -0.716. The number of hydrogen-bond acceptors (Lipinski definition) is 3. The van der Waals surface area contributed by atoms with Gasteiger partial charge in [0.1, 0.15) is 5.82 Å². The number of nitrogens with one attached hydrogen (secondary N) is 1. The lowest BCUT2D eigenvalue weighted by molar-refractivity contribution is -0.117. The summed E-state index contributed by atoms with van der Waals surface area (Å²) in [5.41, 5.74) is 10.6. The molecule has 1 aromatic rings. The summed E-state index contributed by atoms with van der Waals surface area (Å²) in [7, 11) is 0. The first-order valence-electron chi connectivity index (χ1n) is 5.11. The summed E-state index contributed by atoms with van der Waals surface area (Å²) >= 11 is 0. The summed E-state index contributed by atoms with van der Waals surface area (Å²) in [6, 6.07) is 2.77. The molecule has 0 unspecified atom stereocenters. The second-order valence-corrected chi connectivity index (χ2v) is 3.56. The van der Waals surface area contributed by atoms with Gasteiger partial charge in [-0.2, -0.15) is 0 Å². The fourth-order valence-corrected chi connectivity index (χ4v) is 1.19. The van der Waals surface area contributed by atoms with Gasteiger partial charge in [-0.05, 0) is 24.6 Å². The number of benzene rings is 1. The molecule has 92 valence electrons. The van der Waals surface area contributed by atoms with Gasteiger partial charge in [0.15, 0.2) is 0 Å². The van der Waals surface area contributed by atoms with Crippen molar-refractivity contribution in [2.45, 2.75) is 19.4 Å². The molecule has 1 aromatic carbocycles. The molecule has 1 atom stereocenters. The fraction of sp³-hybridized carbons (Fsp3) is 0.273. The normalized spacial score (nSPS) is 11.9. The van der Waals surface area contributed by atoms with Gasteiger partial charge in [-0.1, -0.05) is 6.92 Å². The van der Waals surface area contributed by atoms with Crippen molar-refractivity contribution in [3.8, 4) is 0 Å². The molecule has 0 aliphatic carbocycles. The number of nitrogens with two attached hydrogens (primary N) is 2. The lowest BCUT2D eigenvalue weighted by Gasteiger charge is -2.11.